The van der Waals surface area contributed by atoms with E-state index in [2.05, 4.69) is 93.6 Å². The van der Waals surface area contributed by atoms with Gasteiger partial charge in [0.15, 0.2) is 0 Å². The first kappa shape index (κ1) is 21.5. The topological polar surface area (TPSA) is 35.5 Å². The molecule has 0 aliphatic heterocycles. The lowest BCUT2D eigenvalue weighted by Gasteiger charge is -2.44. The monoisotopic (exact) mass is 408 g/mol. The Kier molecular flexibility index (Phi) is 6.76. The molecule has 0 N–H and O–H groups in total. The summed E-state index contributed by atoms with van der Waals surface area (Å²) in [6.07, 6.45) is 5.82. The van der Waals surface area contributed by atoms with Crippen LogP contribution in [-0.2, 0) is 14.0 Å². The number of hydrogen-bond acceptors (Lipinski definition) is 3. The van der Waals surface area contributed by atoms with E-state index in [-0.39, 0.29) is 22.8 Å². The third-order valence-corrected chi connectivity index (χ3v) is 11.0. The molecule has 2 aromatic rings. The molecule has 1 aliphatic carbocycles. The molecule has 4 heteroatoms. The van der Waals surface area contributed by atoms with Crippen molar-refractivity contribution in [2.75, 3.05) is 13.7 Å². The molecule has 0 saturated heterocycles. The van der Waals surface area contributed by atoms with Crippen LogP contribution in [0.1, 0.15) is 33.6 Å². The quantitative estimate of drug-likeness (QED) is 0.406. The van der Waals surface area contributed by atoms with Crippen LogP contribution in [0.2, 0.25) is 5.04 Å². The molecule has 0 heterocycles. The number of carbonyl (C=O) groups is 1. The van der Waals surface area contributed by atoms with Gasteiger partial charge in [-0.2, -0.15) is 0 Å². The molecule has 0 fully saturated rings. The Morgan fingerprint density at radius 3 is 1.93 bits per heavy atom. The Balaban J connectivity index is 2.02. The second-order valence-corrected chi connectivity index (χ2v) is 13.1. The van der Waals surface area contributed by atoms with Crippen molar-refractivity contribution < 1.29 is 14.0 Å². The summed E-state index contributed by atoms with van der Waals surface area (Å²) in [5, 5.41) is 2.46. The summed E-state index contributed by atoms with van der Waals surface area (Å²) in [5.74, 6) is -0.136. The summed E-state index contributed by atoms with van der Waals surface area (Å²) in [6.45, 7) is 7.38. The molecule has 0 radical (unpaired) electrons. The van der Waals surface area contributed by atoms with Gasteiger partial charge >= 0.3 is 5.97 Å². The molecular weight excluding hydrogens is 376 g/mol. The largest absolute Gasteiger partial charge is 0.469 e. The molecule has 0 spiro atoms. The van der Waals surface area contributed by atoms with Crippen molar-refractivity contribution in [1.29, 1.82) is 0 Å². The van der Waals surface area contributed by atoms with Crippen LogP contribution >= 0.6 is 0 Å². The summed E-state index contributed by atoms with van der Waals surface area (Å²) < 4.78 is 12.1. The highest BCUT2D eigenvalue weighted by Crippen LogP contribution is 2.38. The second-order valence-electron chi connectivity index (χ2n) is 8.81. The van der Waals surface area contributed by atoms with E-state index in [0.29, 0.717) is 6.61 Å². The fourth-order valence-corrected chi connectivity index (χ4v) is 9.11. The number of esters is 1. The predicted molar refractivity (Wildman–Crippen MR) is 121 cm³/mol. The summed E-state index contributed by atoms with van der Waals surface area (Å²) in [7, 11) is -1.11. The maximum atomic E-state index is 12.3. The molecule has 3 rings (SSSR count). The van der Waals surface area contributed by atoms with Crippen molar-refractivity contribution in [1.82, 2.24) is 0 Å². The zero-order valence-corrected chi connectivity index (χ0v) is 18.9. The average molecular weight is 409 g/mol. The molecular formula is C25H32O3Si. The van der Waals surface area contributed by atoms with Gasteiger partial charge in [-0.1, -0.05) is 93.6 Å². The molecule has 154 valence electrons. The van der Waals surface area contributed by atoms with Gasteiger partial charge in [-0.15, -0.1) is 0 Å². The molecule has 1 unspecified atom stereocenters. The molecule has 0 bridgehead atoms. The first-order valence-corrected chi connectivity index (χ1v) is 12.3. The third-order valence-electron chi connectivity index (χ3n) is 6.00. The van der Waals surface area contributed by atoms with Gasteiger partial charge in [0.05, 0.1) is 13.0 Å². The Morgan fingerprint density at radius 1 is 0.931 bits per heavy atom. The smallest absolute Gasteiger partial charge is 0.309 e. The lowest BCUT2D eigenvalue weighted by molar-refractivity contribution is -0.148. The van der Waals surface area contributed by atoms with Gasteiger partial charge in [-0.3, -0.25) is 4.79 Å². The Hall–Kier alpha value is -2.17. The summed E-state index contributed by atoms with van der Waals surface area (Å²) in [5.41, 5.74) is 0. The van der Waals surface area contributed by atoms with Gasteiger partial charge in [-0.05, 0) is 34.2 Å². The molecule has 2 aromatic carbocycles. The number of allylic oxidation sites excluding steroid dienone is 2. The maximum Gasteiger partial charge on any atom is 0.309 e. The molecule has 1 aliphatic rings. The van der Waals surface area contributed by atoms with Gasteiger partial charge in [0.2, 0.25) is 0 Å². The summed E-state index contributed by atoms with van der Waals surface area (Å²) in [6, 6.07) is 21.3. The van der Waals surface area contributed by atoms with Gasteiger partial charge in [0.1, 0.15) is 0 Å². The highest BCUT2D eigenvalue weighted by molar-refractivity contribution is 6.99. The van der Waals surface area contributed by atoms with Crippen molar-refractivity contribution in [2.24, 2.45) is 11.8 Å². The molecule has 29 heavy (non-hydrogen) atoms. The van der Waals surface area contributed by atoms with Gasteiger partial charge < -0.3 is 9.16 Å². The lowest BCUT2D eigenvalue weighted by atomic mass is 9.84. The Labute approximate surface area is 175 Å². The minimum Gasteiger partial charge on any atom is -0.469 e. The van der Waals surface area contributed by atoms with Crippen molar-refractivity contribution in [3.63, 3.8) is 0 Å². The van der Waals surface area contributed by atoms with Crippen molar-refractivity contribution in [2.45, 2.75) is 38.7 Å². The highest BCUT2D eigenvalue weighted by atomic mass is 28.4. The SMILES string of the molecule is COC(=O)C1CC=CC[C@H]1CO[Si](c1ccccc1)(c1ccccc1)C(C)(C)C. The van der Waals surface area contributed by atoms with E-state index in [1.807, 2.05) is 0 Å². The van der Waals surface area contributed by atoms with Crippen molar-refractivity contribution in [3.05, 3.63) is 72.8 Å². The number of methoxy groups -OCH3 is 1. The van der Waals surface area contributed by atoms with Crippen LogP contribution in [0, 0.1) is 11.8 Å². The average Bonchev–Trinajstić information content (AvgIpc) is 2.74. The highest BCUT2D eigenvalue weighted by Gasteiger charge is 2.50. The number of carbonyl (C=O) groups excluding carboxylic acids is 1. The van der Waals surface area contributed by atoms with Crippen LogP contribution in [0.5, 0.6) is 0 Å². The molecule has 0 amide bonds. The molecule has 2 atom stereocenters. The van der Waals surface area contributed by atoms with Crippen LogP contribution in [0.3, 0.4) is 0 Å². The molecule has 0 aromatic heterocycles. The van der Waals surface area contributed by atoms with Gasteiger partial charge in [0.25, 0.3) is 8.32 Å². The van der Waals surface area contributed by atoms with E-state index in [0.717, 1.165) is 12.8 Å². The number of ether oxygens (including phenoxy) is 1. The van der Waals surface area contributed by atoms with Crippen molar-refractivity contribution >= 4 is 24.7 Å². The first-order valence-electron chi connectivity index (χ1n) is 10.4. The lowest BCUT2D eigenvalue weighted by Crippen LogP contribution is -2.67. The zero-order valence-electron chi connectivity index (χ0n) is 17.9. The second kappa shape index (κ2) is 9.10. The van der Waals surface area contributed by atoms with Gasteiger partial charge in [-0.25, -0.2) is 0 Å². The van der Waals surface area contributed by atoms with E-state index in [1.165, 1.54) is 17.5 Å². The van der Waals surface area contributed by atoms with E-state index in [1.54, 1.807) is 0 Å². The van der Waals surface area contributed by atoms with E-state index >= 15 is 0 Å². The molecule has 0 saturated carbocycles. The maximum absolute atomic E-state index is 12.3. The van der Waals surface area contributed by atoms with Crippen molar-refractivity contribution in [3.8, 4) is 0 Å². The number of hydrogen-bond donors (Lipinski definition) is 0. The number of rotatable bonds is 6. The van der Waals surface area contributed by atoms with E-state index in [9.17, 15) is 4.79 Å². The minimum absolute atomic E-state index is 0.0685. The summed E-state index contributed by atoms with van der Waals surface area (Å²) in [4.78, 5) is 12.3. The van der Waals surface area contributed by atoms with Crippen LogP contribution in [0.25, 0.3) is 0 Å². The van der Waals surface area contributed by atoms with E-state index < -0.39 is 8.32 Å². The zero-order chi connectivity index (χ0) is 20.9. The fraction of sp³-hybridized carbons (Fsp3) is 0.400. The predicted octanol–water partition coefficient (Wildman–Crippen LogP) is 4.32. The first-order chi connectivity index (χ1) is 13.9. The minimum atomic E-state index is -2.58. The fourth-order valence-electron chi connectivity index (χ4n) is 4.49. The standard InChI is InChI=1S/C25H32O3Si/c1-25(2,3)29(21-14-7-5-8-15-21,22-16-9-6-10-17-22)28-19-20-13-11-12-18-23(20)24(26)27-4/h5-12,14-17,20,23H,13,18-19H2,1-4H3/t20-,23?/m0/s1. The molecule has 3 nitrogen and oxygen atoms in total. The normalized spacial score (nSPS) is 19.7. The number of benzene rings is 2. The van der Waals surface area contributed by atoms with Gasteiger partial charge in [0, 0.05) is 6.61 Å². The Bertz CT molecular complexity index is 785. The summed E-state index contributed by atoms with van der Waals surface area (Å²) >= 11 is 0. The van der Waals surface area contributed by atoms with Crippen LogP contribution < -0.4 is 10.4 Å². The Morgan fingerprint density at radius 2 is 1.45 bits per heavy atom. The van der Waals surface area contributed by atoms with Crippen LogP contribution in [0.15, 0.2) is 72.8 Å². The van der Waals surface area contributed by atoms with Crippen LogP contribution in [0.4, 0.5) is 0 Å². The third kappa shape index (κ3) is 4.38. The van der Waals surface area contributed by atoms with E-state index in [4.69, 9.17) is 9.16 Å². The van der Waals surface area contributed by atoms with Crippen LogP contribution in [-0.4, -0.2) is 28.0 Å².